The van der Waals surface area contributed by atoms with Gasteiger partial charge < -0.3 is 43.4 Å². The lowest BCUT2D eigenvalue weighted by Crippen LogP contribution is -2.60. The van der Waals surface area contributed by atoms with Crippen LogP contribution in [-0.2, 0) is 19.2 Å². The van der Waals surface area contributed by atoms with E-state index in [4.69, 9.17) is 17.2 Å². The Morgan fingerprint density at radius 2 is 1.57 bits per heavy atom. The summed E-state index contributed by atoms with van der Waals surface area (Å²) in [5, 5.41) is 26.9. The second-order valence-electron chi connectivity index (χ2n) is 8.33. The van der Waals surface area contributed by atoms with Gasteiger partial charge in [0.15, 0.2) is 5.96 Å². The highest BCUT2D eigenvalue weighted by atomic mass is 32.2. The first-order valence-electron chi connectivity index (χ1n) is 11.5. The largest absolute Gasteiger partial charge is 0.480 e. The molecule has 3 amide bonds. The van der Waals surface area contributed by atoms with Crippen molar-refractivity contribution in [3.63, 3.8) is 0 Å². The second-order valence-corrected chi connectivity index (χ2v) is 9.32. The van der Waals surface area contributed by atoms with Crippen LogP contribution in [0, 0.1) is 5.92 Å². The first-order chi connectivity index (χ1) is 16.3. The minimum Gasteiger partial charge on any atom is -0.480 e. The van der Waals surface area contributed by atoms with Crippen molar-refractivity contribution in [2.24, 2.45) is 28.1 Å². The van der Waals surface area contributed by atoms with Crippen molar-refractivity contribution in [3.8, 4) is 0 Å². The smallest absolute Gasteiger partial charge is 0.326 e. The SMILES string of the molecule is CCC(C)C(NC(=O)C(NC(=O)C(CCSC)NC(=O)C(N)CCCN=C(N)N)C(C)O)C(=O)O. The Balaban J connectivity index is 5.32. The number of nitrogens with one attached hydrogen (secondary N) is 3. The average molecular weight is 520 g/mol. The first kappa shape index (κ1) is 32.4. The molecule has 0 aromatic rings. The molecule has 0 rings (SSSR count). The zero-order valence-corrected chi connectivity index (χ0v) is 21.6. The number of thioether (sulfide) groups is 1. The number of hydrogen-bond acceptors (Lipinski definition) is 8. The average Bonchev–Trinajstić information content (AvgIpc) is 2.79. The van der Waals surface area contributed by atoms with Gasteiger partial charge >= 0.3 is 5.97 Å². The molecule has 35 heavy (non-hydrogen) atoms. The number of guanidine groups is 1. The molecule has 0 radical (unpaired) electrons. The van der Waals surface area contributed by atoms with E-state index in [1.165, 1.54) is 18.7 Å². The van der Waals surface area contributed by atoms with E-state index in [2.05, 4.69) is 20.9 Å². The highest BCUT2D eigenvalue weighted by Crippen LogP contribution is 2.09. The molecular formula is C21H41N7O6S. The predicted molar refractivity (Wildman–Crippen MR) is 135 cm³/mol. The lowest BCUT2D eigenvalue weighted by atomic mass is 9.98. The Bertz CT molecular complexity index is 733. The van der Waals surface area contributed by atoms with E-state index in [0.717, 1.165) is 0 Å². The van der Waals surface area contributed by atoms with Gasteiger partial charge in [0.05, 0.1) is 12.1 Å². The number of rotatable bonds is 17. The lowest BCUT2D eigenvalue weighted by molar-refractivity contribution is -0.144. The fourth-order valence-corrected chi connectivity index (χ4v) is 3.49. The highest BCUT2D eigenvalue weighted by molar-refractivity contribution is 7.98. The third-order valence-corrected chi connectivity index (χ3v) is 6.03. The van der Waals surface area contributed by atoms with Gasteiger partial charge in [0.25, 0.3) is 0 Å². The number of carbonyl (C=O) groups is 4. The van der Waals surface area contributed by atoms with Gasteiger partial charge in [-0.25, -0.2) is 4.79 Å². The molecule has 0 fully saturated rings. The zero-order chi connectivity index (χ0) is 27.1. The number of nitrogens with zero attached hydrogens (tertiary/aromatic N) is 1. The summed E-state index contributed by atoms with van der Waals surface area (Å²) in [5.41, 5.74) is 16.4. The maximum absolute atomic E-state index is 12.9. The number of carbonyl (C=O) groups excluding carboxylic acids is 3. The summed E-state index contributed by atoms with van der Waals surface area (Å²) < 4.78 is 0. The van der Waals surface area contributed by atoms with Gasteiger partial charge in [-0.3, -0.25) is 19.4 Å². The molecule has 11 N–H and O–H groups in total. The van der Waals surface area contributed by atoms with E-state index in [1.54, 1.807) is 13.8 Å². The van der Waals surface area contributed by atoms with E-state index in [9.17, 15) is 29.4 Å². The van der Waals surface area contributed by atoms with Crippen molar-refractivity contribution in [3.05, 3.63) is 0 Å². The van der Waals surface area contributed by atoms with E-state index in [0.29, 0.717) is 25.1 Å². The fraction of sp³-hybridized carbons (Fsp3) is 0.762. The maximum Gasteiger partial charge on any atom is 0.326 e. The highest BCUT2D eigenvalue weighted by Gasteiger charge is 2.33. The molecule has 0 aromatic carbocycles. The Labute approximate surface area is 210 Å². The molecular weight excluding hydrogens is 478 g/mol. The van der Waals surface area contributed by atoms with Crippen LogP contribution in [0.4, 0.5) is 0 Å². The molecule has 13 nitrogen and oxygen atoms in total. The molecule has 0 aliphatic rings. The summed E-state index contributed by atoms with van der Waals surface area (Å²) in [6.07, 6.45) is 2.00. The number of carboxylic acid groups (broad SMARTS) is 1. The molecule has 0 saturated heterocycles. The number of aliphatic hydroxyl groups is 1. The zero-order valence-electron chi connectivity index (χ0n) is 20.8. The van der Waals surface area contributed by atoms with Gasteiger partial charge in [0.1, 0.15) is 18.1 Å². The van der Waals surface area contributed by atoms with Crippen LogP contribution in [0.2, 0.25) is 0 Å². The van der Waals surface area contributed by atoms with E-state index in [-0.39, 0.29) is 24.7 Å². The van der Waals surface area contributed by atoms with E-state index in [1.807, 2.05) is 6.26 Å². The molecule has 0 aromatic heterocycles. The topological polar surface area (TPSA) is 235 Å². The van der Waals surface area contributed by atoms with Crippen molar-refractivity contribution in [1.82, 2.24) is 16.0 Å². The van der Waals surface area contributed by atoms with Crippen molar-refractivity contribution in [2.75, 3.05) is 18.6 Å². The van der Waals surface area contributed by atoms with E-state index >= 15 is 0 Å². The van der Waals surface area contributed by atoms with Crippen molar-refractivity contribution < 1.29 is 29.4 Å². The third-order valence-electron chi connectivity index (χ3n) is 5.39. The van der Waals surface area contributed by atoms with Crippen LogP contribution in [0.1, 0.15) is 46.5 Å². The van der Waals surface area contributed by atoms with Gasteiger partial charge in [0.2, 0.25) is 17.7 Å². The summed E-state index contributed by atoms with van der Waals surface area (Å²) in [5.74, 6) is -3.22. The lowest BCUT2D eigenvalue weighted by Gasteiger charge is -2.27. The first-order valence-corrected chi connectivity index (χ1v) is 12.9. The second kappa shape index (κ2) is 16.9. The minimum absolute atomic E-state index is 0.0626. The standard InChI is InChI=1S/C21H41N7O6S/c1-5-11(2)15(20(33)34)27-19(32)16(12(3)29)28-18(31)14(8-10-35-4)26-17(30)13(22)7-6-9-25-21(23)24/h11-16,29H,5-10,22H2,1-4H3,(H,26,30)(H,27,32)(H,28,31)(H,33,34)(H4,23,24,25). The molecule has 6 unspecified atom stereocenters. The number of aliphatic carboxylic acids is 1. The van der Waals surface area contributed by atoms with Gasteiger partial charge in [-0.15, -0.1) is 0 Å². The van der Waals surface area contributed by atoms with Crippen LogP contribution in [-0.4, -0.2) is 88.7 Å². The van der Waals surface area contributed by atoms with Crippen LogP contribution in [0.3, 0.4) is 0 Å². The van der Waals surface area contributed by atoms with Crippen LogP contribution < -0.4 is 33.2 Å². The van der Waals surface area contributed by atoms with Crippen molar-refractivity contribution >= 4 is 41.4 Å². The Kier molecular flexibility index (Phi) is 15.7. The molecule has 0 heterocycles. The van der Waals surface area contributed by atoms with Crippen LogP contribution in [0.15, 0.2) is 4.99 Å². The molecule has 0 aliphatic carbocycles. The molecule has 14 heteroatoms. The van der Waals surface area contributed by atoms with Gasteiger partial charge in [-0.05, 0) is 44.1 Å². The number of amides is 3. The van der Waals surface area contributed by atoms with Crippen LogP contribution in [0.25, 0.3) is 0 Å². The van der Waals surface area contributed by atoms with Gasteiger partial charge in [0, 0.05) is 6.54 Å². The van der Waals surface area contributed by atoms with Gasteiger partial charge in [-0.1, -0.05) is 20.3 Å². The monoisotopic (exact) mass is 519 g/mol. The summed E-state index contributed by atoms with van der Waals surface area (Å²) in [4.78, 5) is 53.6. The van der Waals surface area contributed by atoms with Crippen LogP contribution in [0.5, 0.6) is 0 Å². The Hall–Kier alpha value is -2.58. The fourth-order valence-electron chi connectivity index (χ4n) is 3.02. The van der Waals surface area contributed by atoms with Crippen LogP contribution >= 0.6 is 11.8 Å². The maximum atomic E-state index is 12.9. The number of aliphatic hydroxyl groups excluding tert-OH is 1. The predicted octanol–water partition coefficient (Wildman–Crippen LogP) is -1.91. The molecule has 0 aliphatic heterocycles. The molecule has 0 saturated carbocycles. The summed E-state index contributed by atoms with van der Waals surface area (Å²) in [7, 11) is 0. The molecule has 0 spiro atoms. The number of hydrogen-bond donors (Lipinski definition) is 8. The third kappa shape index (κ3) is 12.6. The Morgan fingerprint density at radius 3 is 2.06 bits per heavy atom. The summed E-state index contributed by atoms with van der Waals surface area (Å²) in [6, 6.07) is -4.53. The number of nitrogens with two attached hydrogens (primary N) is 3. The minimum atomic E-state index is -1.42. The van der Waals surface area contributed by atoms with Crippen molar-refractivity contribution in [1.29, 1.82) is 0 Å². The quantitative estimate of drug-likeness (QED) is 0.0602. The molecule has 6 atom stereocenters. The summed E-state index contributed by atoms with van der Waals surface area (Å²) in [6.45, 7) is 5.05. The molecule has 202 valence electrons. The molecule has 0 bridgehead atoms. The summed E-state index contributed by atoms with van der Waals surface area (Å²) >= 11 is 1.46. The number of carboxylic acids is 1. The van der Waals surface area contributed by atoms with Gasteiger partial charge in [-0.2, -0.15) is 11.8 Å². The van der Waals surface area contributed by atoms with E-state index < -0.39 is 54.0 Å². The Morgan fingerprint density at radius 1 is 0.971 bits per heavy atom. The number of aliphatic imine (C=N–C) groups is 1. The van der Waals surface area contributed by atoms with Crippen molar-refractivity contribution in [2.45, 2.75) is 76.7 Å². The normalized spacial score (nSPS) is 16.1.